The molecule has 1 fully saturated rings. The van der Waals surface area contributed by atoms with Crippen molar-refractivity contribution in [3.8, 4) is 0 Å². The van der Waals surface area contributed by atoms with E-state index in [1.165, 1.54) is 51.4 Å². The van der Waals surface area contributed by atoms with Crippen LogP contribution in [-0.4, -0.2) is 94.1 Å². The number of nitrogens with one attached hydrogen (secondary N) is 1. The lowest BCUT2D eigenvalue weighted by molar-refractivity contribution is -0.111. The predicted octanol–water partition coefficient (Wildman–Crippen LogP) is 14.5. The number of benzene rings is 1. The van der Waals surface area contributed by atoms with E-state index in [1.54, 1.807) is 0 Å². The first-order chi connectivity index (χ1) is 32.3. The number of Topliss-reactive ketones (excluding diaryl/α,β-unsaturated/α-hetero) is 1. The van der Waals surface area contributed by atoms with Gasteiger partial charge in [-0.05, 0) is 137 Å². The highest BCUT2D eigenvalue weighted by Crippen LogP contribution is 2.53. The summed E-state index contributed by atoms with van der Waals surface area (Å²) in [7, 11) is 0. The number of nitrogens with zero attached hydrogens (tertiary/aromatic N) is 3. The molecule has 2 amide bonds. The van der Waals surface area contributed by atoms with Gasteiger partial charge < -0.3 is 24.4 Å². The number of carbonyl (C=O) groups is 3. The van der Waals surface area contributed by atoms with Gasteiger partial charge in [-0.1, -0.05) is 93.9 Å². The number of rotatable bonds is 24. The van der Waals surface area contributed by atoms with Crippen molar-refractivity contribution in [2.24, 2.45) is 22.2 Å². The Morgan fingerprint density at radius 1 is 0.779 bits per heavy atom. The molecule has 0 spiro atoms. The molecule has 4 aliphatic rings. The summed E-state index contributed by atoms with van der Waals surface area (Å²) < 4.78 is 11.4. The van der Waals surface area contributed by atoms with Crippen molar-refractivity contribution in [2.75, 3.05) is 46.4 Å². The van der Waals surface area contributed by atoms with Gasteiger partial charge in [-0.25, -0.2) is 9.59 Å². The zero-order chi connectivity index (χ0) is 50.1. The van der Waals surface area contributed by atoms with Crippen LogP contribution in [0.4, 0.5) is 21.0 Å². The van der Waals surface area contributed by atoms with Crippen LogP contribution in [0.3, 0.4) is 0 Å². The third-order valence-electron chi connectivity index (χ3n) is 15.3. The van der Waals surface area contributed by atoms with E-state index >= 15 is 0 Å². The quantitative estimate of drug-likeness (QED) is 0.0765. The summed E-state index contributed by atoms with van der Waals surface area (Å²) in [6.07, 6.45) is 13.7. The molecule has 12 heteroatoms. The third-order valence-corrected chi connectivity index (χ3v) is 17.8. The van der Waals surface area contributed by atoms with Crippen molar-refractivity contribution in [1.29, 1.82) is 0 Å². The second kappa shape index (κ2) is 24.5. The van der Waals surface area contributed by atoms with Gasteiger partial charge >= 0.3 is 12.2 Å². The highest BCUT2D eigenvalue weighted by molar-refractivity contribution is 7.99. The fourth-order valence-corrected chi connectivity index (χ4v) is 12.8. The van der Waals surface area contributed by atoms with Crippen LogP contribution in [-0.2, 0) is 19.7 Å². The maximum absolute atomic E-state index is 14.9. The third kappa shape index (κ3) is 12.3. The van der Waals surface area contributed by atoms with E-state index in [-0.39, 0.29) is 76.6 Å². The molecule has 10 nitrogen and oxygen atoms in total. The molecule has 1 saturated heterocycles. The van der Waals surface area contributed by atoms with Gasteiger partial charge in [0.15, 0.2) is 0 Å². The van der Waals surface area contributed by atoms with Crippen molar-refractivity contribution < 1.29 is 29.0 Å². The second-order valence-electron chi connectivity index (χ2n) is 21.2. The van der Waals surface area contributed by atoms with Crippen molar-refractivity contribution in [2.45, 2.75) is 191 Å². The molecule has 5 rings (SSSR count). The molecule has 1 aromatic rings. The van der Waals surface area contributed by atoms with Crippen LogP contribution in [0.25, 0.3) is 5.57 Å². The topological polar surface area (TPSA) is 121 Å². The van der Waals surface area contributed by atoms with Crippen LogP contribution in [0, 0.1) is 17.3 Å². The molecule has 68 heavy (non-hydrogen) atoms. The lowest BCUT2D eigenvalue weighted by atomic mass is 9.73. The molecule has 0 radical (unpaired) electrons. The van der Waals surface area contributed by atoms with Gasteiger partial charge in [0.25, 0.3) is 0 Å². The average molecular weight is 975 g/mol. The van der Waals surface area contributed by atoms with Crippen molar-refractivity contribution in [3.05, 3.63) is 63.6 Å². The summed E-state index contributed by atoms with van der Waals surface area (Å²) in [6.45, 7) is 31.2. The van der Waals surface area contributed by atoms with Gasteiger partial charge in [-0.2, -0.15) is 28.5 Å². The maximum atomic E-state index is 14.9. The summed E-state index contributed by atoms with van der Waals surface area (Å²) in [4.78, 5) is 51.2. The Labute approximate surface area is 419 Å². The van der Waals surface area contributed by atoms with Crippen molar-refractivity contribution >= 4 is 64.2 Å². The second-order valence-corrected chi connectivity index (χ2v) is 23.5. The first kappa shape index (κ1) is 55.3. The van der Waals surface area contributed by atoms with Crippen LogP contribution in [0.15, 0.2) is 57.5 Å². The average Bonchev–Trinajstić information content (AvgIpc) is 3.60. The Kier molecular flexibility index (Phi) is 19.9. The maximum Gasteiger partial charge on any atom is 0.434 e. The number of hydrogen-bond donors (Lipinski definition) is 2. The van der Waals surface area contributed by atoms with Gasteiger partial charge in [0.2, 0.25) is 5.78 Å². The van der Waals surface area contributed by atoms with Crippen molar-refractivity contribution in [1.82, 2.24) is 4.90 Å². The van der Waals surface area contributed by atoms with Gasteiger partial charge in [0.05, 0.1) is 35.8 Å². The minimum absolute atomic E-state index is 0.0914. The Bertz CT molecular complexity index is 2130. The molecule has 1 aromatic carbocycles. The molecule has 0 aromatic heterocycles. The largest absolute Gasteiger partial charge is 0.506 e. The fraction of sp³-hybridized carbons (Fsp3) is 0.679. The molecular formula is C56H86N4O6S2. The molecule has 2 N–H and O–H groups in total. The number of allylic oxidation sites excluding steroid dienone is 6. The number of ether oxygens (including phenoxy) is 2. The minimum Gasteiger partial charge on any atom is -0.506 e. The number of unbranched alkanes of at least 4 members (excludes halogenated alkanes) is 2. The summed E-state index contributed by atoms with van der Waals surface area (Å²) in [5.74, 6) is 4.86. The number of anilines is 2. The Morgan fingerprint density at radius 2 is 1.34 bits per heavy atom. The van der Waals surface area contributed by atoms with E-state index in [4.69, 9.17) is 9.47 Å². The van der Waals surface area contributed by atoms with E-state index < -0.39 is 12.2 Å². The highest BCUT2D eigenvalue weighted by atomic mass is 32.2. The van der Waals surface area contributed by atoms with Gasteiger partial charge in [-0.3, -0.25) is 10.1 Å². The predicted molar refractivity (Wildman–Crippen MR) is 289 cm³/mol. The number of likely N-dealkylation sites (tertiary alicyclic amines) is 1. The molecule has 2 aliphatic heterocycles. The Morgan fingerprint density at radius 3 is 1.87 bits per heavy atom. The standard InChI is InChI=1S/C56H86N4O6S2/c1-15-19-23-39(17-3)33-67-27-21-25-65-53(63)57-45-31-47-43(55(11,12)37(9)59(47)35(5)6)29-41(45)49-51(61)50(52(49)62)42-30-44-48(60(36(7)8)38(10)56(44,13)14)32-46(42)58-54(64)66-26-22-28-68-34-40(18-4)24-20-16-2/h29-32,35-40,61H,15-28,33-34H2,1-14H3,(H,57,63)/b50-42-,58-46+. The number of thioether (sulfide) groups is 2. The molecule has 4 unspecified atom stereocenters. The SMILES string of the molecule is CCCCC(CC)CSCCCOC(=O)/N=C1\C=C2C(=C\C1=C1\C(=O)C(c3cc4c(cc3NC(=O)OCCCSCC(CC)CCCC)N(C(C)C)C(C)C4(C)C)=C1O)C(C)(C)C(C)N2C(C)C. The van der Waals surface area contributed by atoms with Crippen LogP contribution in [0.1, 0.15) is 172 Å². The summed E-state index contributed by atoms with van der Waals surface area (Å²) >= 11 is 3.83. The summed E-state index contributed by atoms with van der Waals surface area (Å²) in [6, 6.07) is 4.45. The lowest BCUT2D eigenvalue weighted by Gasteiger charge is -2.34. The number of amides is 2. The van der Waals surface area contributed by atoms with Gasteiger partial charge in [-0.15, -0.1) is 0 Å². The number of aliphatic hydroxyl groups excluding tert-OH is 1. The first-order valence-electron chi connectivity index (χ1n) is 26.0. The smallest absolute Gasteiger partial charge is 0.434 e. The van der Waals surface area contributed by atoms with E-state index in [1.807, 2.05) is 47.8 Å². The number of fused-ring (bicyclic) bond motifs is 2. The van der Waals surface area contributed by atoms with E-state index in [2.05, 4.69) is 117 Å². The first-order valence-corrected chi connectivity index (χ1v) is 28.3. The van der Waals surface area contributed by atoms with E-state index in [0.29, 0.717) is 28.7 Å². The molecule has 4 atom stereocenters. The normalized spacial score (nSPS) is 22.1. The van der Waals surface area contributed by atoms with E-state index in [9.17, 15) is 19.5 Å². The number of hydrogen-bond acceptors (Lipinski definition) is 10. The number of ketones is 1. The molecule has 378 valence electrons. The molecular weight excluding hydrogens is 889 g/mol. The zero-order valence-electron chi connectivity index (χ0n) is 44.2. The van der Waals surface area contributed by atoms with Gasteiger partial charge in [0.1, 0.15) is 5.76 Å². The molecule has 2 aliphatic carbocycles. The van der Waals surface area contributed by atoms with E-state index in [0.717, 1.165) is 58.4 Å². The number of aliphatic hydroxyl groups is 1. The molecule has 2 heterocycles. The zero-order valence-corrected chi connectivity index (χ0v) is 45.9. The fourth-order valence-electron chi connectivity index (χ4n) is 10.4. The van der Waals surface area contributed by atoms with Gasteiger partial charge in [0, 0.05) is 57.5 Å². The molecule has 0 saturated carbocycles. The Hall–Kier alpha value is -3.64. The number of aliphatic imine (C=N–C) groups is 1. The summed E-state index contributed by atoms with van der Waals surface area (Å²) in [5.41, 5.74) is 5.00. The molecule has 0 bridgehead atoms. The van der Waals surface area contributed by atoms with Crippen molar-refractivity contribution in [3.63, 3.8) is 0 Å². The summed E-state index contributed by atoms with van der Waals surface area (Å²) in [5, 5.41) is 15.2. The van der Waals surface area contributed by atoms with Crippen LogP contribution < -0.4 is 10.2 Å². The van der Waals surface area contributed by atoms with Crippen LogP contribution >= 0.6 is 23.5 Å². The van der Waals surface area contributed by atoms with Crippen LogP contribution in [0.5, 0.6) is 0 Å². The lowest BCUT2D eigenvalue weighted by Crippen LogP contribution is -2.42. The van der Waals surface area contributed by atoms with Crippen LogP contribution in [0.2, 0.25) is 0 Å². The number of carbonyl (C=O) groups excluding carboxylic acids is 3. The Balaban J connectivity index is 1.48. The highest BCUT2D eigenvalue weighted by Gasteiger charge is 2.49. The monoisotopic (exact) mass is 975 g/mol. The minimum atomic E-state index is -0.728.